The van der Waals surface area contributed by atoms with Crippen molar-refractivity contribution in [2.45, 2.75) is 57.6 Å². The maximum Gasteiger partial charge on any atom is 0.326 e. The lowest BCUT2D eigenvalue weighted by Crippen LogP contribution is -2.46. The van der Waals surface area contributed by atoms with E-state index in [1.165, 1.54) is 0 Å². The predicted molar refractivity (Wildman–Crippen MR) is 150 cm³/mol. The summed E-state index contributed by atoms with van der Waals surface area (Å²) in [5, 5.41) is 13.4. The van der Waals surface area contributed by atoms with Crippen molar-refractivity contribution in [1.29, 1.82) is 0 Å². The summed E-state index contributed by atoms with van der Waals surface area (Å²) in [6.45, 7) is 7.59. The van der Waals surface area contributed by atoms with E-state index in [0.29, 0.717) is 44.9 Å². The normalized spacial score (nSPS) is 21.5. The first kappa shape index (κ1) is 28.4. The van der Waals surface area contributed by atoms with Gasteiger partial charge in [-0.05, 0) is 44.7 Å². The highest BCUT2D eigenvalue weighted by Gasteiger charge is 2.29. The van der Waals surface area contributed by atoms with Crippen LogP contribution in [0.5, 0.6) is 0 Å². The maximum absolute atomic E-state index is 12.7. The lowest BCUT2D eigenvalue weighted by Gasteiger charge is -2.33. The molecule has 0 aliphatic carbocycles. The number of ether oxygens (including phenoxy) is 3. The van der Waals surface area contributed by atoms with E-state index in [4.69, 9.17) is 19.2 Å². The molecule has 5 rings (SSSR count). The summed E-state index contributed by atoms with van der Waals surface area (Å²) in [4.78, 5) is 32.4. The first-order chi connectivity index (χ1) is 19.2. The molecule has 2 aliphatic rings. The van der Waals surface area contributed by atoms with Crippen molar-refractivity contribution in [3.63, 3.8) is 0 Å². The van der Waals surface area contributed by atoms with E-state index in [9.17, 15) is 14.7 Å². The SMILES string of the molecule is Cc1cc(-c2nc3cc(CN[C@H](C(=O)O[C@H]4CCOC4)[C@@H](C)O)ccc3n2CC2COCCN2C)cn(C)c1=O. The van der Waals surface area contributed by atoms with Gasteiger partial charge in [0.1, 0.15) is 18.0 Å². The molecule has 11 heteroatoms. The van der Waals surface area contributed by atoms with Crippen LogP contribution in [0.15, 0.2) is 35.3 Å². The number of fused-ring (bicyclic) bond motifs is 1. The van der Waals surface area contributed by atoms with Crippen LogP contribution in [0.2, 0.25) is 0 Å². The first-order valence-electron chi connectivity index (χ1n) is 13.9. The number of nitrogens with zero attached hydrogens (tertiary/aromatic N) is 4. The summed E-state index contributed by atoms with van der Waals surface area (Å²) in [6.07, 6.45) is 1.29. The van der Waals surface area contributed by atoms with Gasteiger partial charge in [0.2, 0.25) is 0 Å². The number of esters is 1. The Morgan fingerprint density at radius 1 is 1.23 bits per heavy atom. The molecule has 4 atom stereocenters. The number of aliphatic hydroxyl groups is 1. The van der Waals surface area contributed by atoms with E-state index in [1.54, 1.807) is 18.5 Å². The second kappa shape index (κ2) is 12.2. The molecule has 2 fully saturated rings. The Hall–Kier alpha value is -3.09. The highest BCUT2D eigenvalue weighted by atomic mass is 16.6. The summed E-state index contributed by atoms with van der Waals surface area (Å²) >= 11 is 0. The molecule has 2 aliphatic heterocycles. The van der Waals surface area contributed by atoms with Crippen molar-refractivity contribution in [2.24, 2.45) is 7.05 Å². The minimum absolute atomic E-state index is 0.0353. The van der Waals surface area contributed by atoms with Crippen molar-refractivity contribution in [2.75, 3.05) is 40.0 Å². The van der Waals surface area contributed by atoms with Crippen molar-refractivity contribution in [3.8, 4) is 11.4 Å². The fourth-order valence-electron chi connectivity index (χ4n) is 5.35. The molecule has 2 saturated heterocycles. The standard InChI is InChI=1S/C29H39N5O6/c1-18-11-21(14-33(4)28(18)36)27-31-24-12-20(5-6-25(24)34(27)15-22-16-39-10-8-32(22)3)13-30-26(19(2)35)29(37)40-23-7-9-38-17-23/h5-6,11-12,14,19,22-23,26,30,35H,7-10,13,15-17H2,1-4H3/t19-,22?,23+,26+/m1/s1. The van der Waals surface area contributed by atoms with Crippen LogP contribution in [0, 0.1) is 6.92 Å². The molecule has 0 saturated carbocycles. The molecule has 4 heterocycles. The lowest BCUT2D eigenvalue weighted by atomic mass is 10.1. The minimum Gasteiger partial charge on any atom is -0.459 e. The molecule has 1 aromatic carbocycles. The number of aliphatic hydroxyl groups excluding tert-OH is 1. The zero-order valence-corrected chi connectivity index (χ0v) is 23.6. The van der Waals surface area contributed by atoms with Gasteiger partial charge in [-0.3, -0.25) is 19.8 Å². The fraction of sp³-hybridized carbons (Fsp3) is 0.552. The number of hydrogen-bond donors (Lipinski definition) is 2. The van der Waals surface area contributed by atoms with Gasteiger partial charge < -0.3 is 28.5 Å². The molecule has 2 aromatic heterocycles. The highest BCUT2D eigenvalue weighted by molar-refractivity contribution is 5.81. The molecule has 2 N–H and O–H groups in total. The van der Waals surface area contributed by atoms with Crippen LogP contribution >= 0.6 is 0 Å². The summed E-state index contributed by atoms with van der Waals surface area (Å²) in [5.41, 5.74) is 4.17. The number of rotatable bonds is 9. The minimum atomic E-state index is -0.924. The number of hydrogen-bond acceptors (Lipinski definition) is 9. The molecule has 3 aromatic rings. The molecular formula is C29H39N5O6. The third-order valence-corrected chi connectivity index (χ3v) is 7.78. The van der Waals surface area contributed by atoms with Gasteiger partial charge in [0, 0.05) is 50.4 Å². The topological polar surface area (TPSA) is 120 Å². The Morgan fingerprint density at radius 3 is 2.73 bits per heavy atom. The maximum atomic E-state index is 12.7. The Labute approximate surface area is 233 Å². The summed E-state index contributed by atoms with van der Waals surface area (Å²) < 4.78 is 20.4. The van der Waals surface area contributed by atoms with Gasteiger partial charge in [0.25, 0.3) is 5.56 Å². The van der Waals surface area contributed by atoms with Crippen LogP contribution in [-0.2, 0) is 39.1 Å². The van der Waals surface area contributed by atoms with Gasteiger partial charge >= 0.3 is 5.97 Å². The summed E-state index contributed by atoms with van der Waals surface area (Å²) in [7, 11) is 3.86. The second-order valence-corrected chi connectivity index (χ2v) is 10.9. The number of carbonyl (C=O) groups excluding carboxylic acids is 1. The first-order valence-corrected chi connectivity index (χ1v) is 13.9. The van der Waals surface area contributed by atoms with E-state index < -0.39 is 18.1 Å². The van der Waals surface area contributed by atoms with Crippen molar-refractivity contribution < 1.29 is 24.1 Å². The van der Waals surface area contributed by atoms with E-state index in [2.05, 4.69) is 21.8 Å². The third-order valence-electron chi connectivity index (χ3n) is 7.78. The van der Waals surface area contributed by atoms with Gasteiger partial charge in [0.05, 0.1) is 49.6 Å². The summed E-state index contributed by atoms with van der Waals surface area (Å²) in [6, 6.07) is 7.24. The van der Waals surface area contributed by atoms with Gasteiger partial charge in [0.15, 0.2) is 0 Å². The monoisotopic (exact) mass is 553 g/mol. The number of benzene rings is 1. The van der Waals surface area contributed by atoms with Crippen molar-refractivity contribution >= 4 is 17.0 Å². The van der Waals surface area contributed by atoms with Crippen LogP contribution in [0.4, 0.5) is 0 Å². The average Bonchev–Trinajstić information content (AvgIpc) is 3.56. The fourth-order valence-corrected chi connectivity index (χ4v) is 5.35. The number of nitrogens with one attached hydrogen (secondary N) is 1. The molecule has 0 bridgehead atoms. The van der Waals surface area contributed by atoms with Gasteiger partial charge in [-0.1, -0.05) is 6.07 Å². The second-order valence-electron chi connectivity index (χ2n) is 10.9. The molecule has 11 nitrogen and oxygen atoms in total. The molecule has 0 spiro atoms. The number of likely N-dealkylation sites (N-methyl/N-ethyl adjacent to an activating group) is 1. The van der Waals surface area contributed by atoms with Crippen LogP contribution in [0.25, 0.3) is 22.4 Å². The molecule has 0 radical (unpaired) electrons. The van der Waals surface area contributed by atoms with Crippen LogP contribution in [0.3, 0.4) is 0 Å². The Kier molecular flexibility index (Phi) is 8.67. The van der Waals surface area contributed by atoms with Crippen LogP contribution < -0.4 is 10.9 Å². The van der Waals surface area contributed by atoms with E-state index in [0.717, 1.165) is 41.1 Å². The Bertz CT molecular complexity index is 1380. The van der Waals surface area contributed by atoms with E-state index in [-0.39, 0.29) is 17.7 Å². The molecule has 0 amide bonds. The summed E-state index contributed by atoms with van der Waals surface area (Å²) in [5.74, 6) is 0.295. The van der Waals surface area contributed by atoms with E-state index >= 15 is 0 Å². The van der Waals surface area contributed by atoms with Crippen molar-refractivity contribution in [3.05, 3.63) is 51.9 Å². The van der Waals surface area contributed by atoms with Crippen LogP contribution in [-0.4, -0.2) is 94.4 Å². The molecular weight excluding hydrogens is 514 g/mol. The average molecular weight is 554 g/mol. The number of aryl methyl sites for hydroxylation is 2. The number of aromatic nitrogens is 3. The molecule has 1 unspecified atom stereocenters. The third kappa shape index (κ3) is 6.13. The lowest BCUT2D eigenvalue weighted by molar-refractivity contribution is -0.154. The number of pyridine rings is 1. The van der Waals surface area contributed by atoms with Gasteiger partial charge in [-0.25, -0.2) is 4.98 Å². The highest BCUT2D eigenvalue weighted by Crippen LogP contribution is 2.27. The van der Waals surface area contributed by atoms with Gasteiger partial charge in [-0.15, -0.1) is 0 Å². The number of morpholine rings is 1. The van der Waals surface area contributed by atoms with Crippen molar-refractivity contribution in [1.82, 2.24) is 24.3 Å². The van der Waals surface area contributed by atoms with Gasteiger partial charge in [-0.2, -0.15) is 0 Å². The molecule has 40 heavy (non-hydrogen) atoms. The zero-order chi connectivity index (χ0) is 28.4. The smallest absolute Gasteiger partial charge is 0.326 e. The van der Waals surface area contributed by atoms with Crippen LogP contribution in [0.1, 0.15) is 24.5 Å². The molecule has 216 valence electrons. The van der Waals surface area contributed by atoms with E-state index in [1.807, 2.05) is 37.4 Å². The Morgan fingerprint density at radius 2 is 2.02 bits per heavy atom. The quantitative estimate of drug-likeness (QED) is 0.377. The zero-order valence-electron chi connectivity index (χ0n) is 23.6. The number of imidazole rings is 1. The largest absolute Gasteiger partial charge is 0.459 e. The Balaban J connectivity index is 1.43. The number of carbonyl (C=O) groups is 1. The predicted octanol–water partition coefficient (Wildman–Crippen LogP) is 1.21.